The quantitative estimate of drug-likeness (QED) is 0.680. The van der Waals surface area contributed by atoms with Gasteiger partial charge in [0.15, 0.2) is 0 Å². The van der Waals surface area contributed by atoms with Crippen LogP contribution in [0.2, 0.25) is 0 Å². The summed E-state index contributed by atoms with van der Waals surface area (Å²) in [4.78, 5) is 11.1. The molecule has 0 saturated heterocycles. The maximum Gasteiger partial charge on any atom is 0.244 e. The summed E-state index contributed by atoms with van der Waals surface area (Å²) >= 11 is 0. The lowest BCUT2D eigenvalue weighted by Gasteiger charge is -1.98. The van der Waals surface area contributed by atoms with Crippen LogP contribution in [-0.2, 0) is 11.3 Å². The molecule has 1 rings (SSSR count). The lowest BCUT2D eigenvalue weighted by atomic mass is 10.3. The van der Waals surface area contributed by atoms with Crippen LogP contribution in [0.4, 0.5) is 0 Å². The van der Waals surface area contributed by atoms with Gasteiger partial charge in [0.2, 0.25) is 5.91 Å². The van der Waals surface area contributed by atoms with E-state index in [4.69, 9.17) is 0 Å². The predicted molar refractivity (Wildman–Crippen MR) is 49.9 cm³/mol. The van der Waals surface area contributed by atoms with Gasteiger partial charge in [0.05, 0.1) is 6.20 Å². The molecule has 13 heavy (non-hydrogen) atoms. The Hall–Kier alpha value is -1.58. The van der Waals surface area contributed by atoms with Gasteiger partial charge in [-0.25, -0.2) is 0 Å². The third-order valence-electron chi connectivity index (χ3n) is 1.44. The average molecular weight is 179 g/mol. The molecule has 0 atom stereocenters. The predicted octanol–water partition coefficient (Wildman–Crippen LogP) is 0.992. The van der Waals surface area contributed by atoms with E-state index in [1.807, 2.05) is 13.8 Å². The Morgan fingerprint density at radius 3 is 3.00 bits per heavy atom. The van der Waals surface area contributed by atoms with E-state index >= 15 is 0 Å². The first kappa shape index (κ1) is 9.51. The number of nitrogens with one attached hydrogen (secondary N) is 2. The number of aromatic amines is 1. The van der Waals surface area contributed by atoms with Gasteiger partial charge in [-0.05, 0) is 13.8 Å². The number of H-pyrrole nitrogens is 1. The average Bonchev–Trinajstić information content (AvgIpc) is 2.51. The second kappa shape index (κ2) is 4.45. The van der Waals surface area contributed by atoms with E-state index in [0.29, 0.717) is 6.54 Å². The van der Waals surface area contributed by atoms with Crippen LogP contribution < -0.4 is 5.32 Å². The van der Waals surface area contributed by atoms with Crippen LogP contribution in [0.3, 0.4) is 0 Å². The molecule has 0 aliphatic heterocycles. The van der Waals surface area contributed by atoms with Gasteiger partial charge < -0.3 is 5.32 Å². The lowest BCUT2D eigenvalue weighted by Crippen LogP contribution is -2.20. The summed E-state index contributed by atoms with van der Waals surface area (Å²) in [5.74, 6) is -0.0683. The Morgan fingerprint density at radius 2 is 2.46 bits per heavy atom. The fourth-order valence-electron chi connectivity index (χ4n) is 0.877. The van der Waals surface area contributed by atoms with E-state index in [0.717, 1.165) is 11.1 Å². The third-order valence-corrected chi connectivity index (χ3v) is 1.44. The Morgan fingerprint density at radius 1 is 1.69 bits per heavy atom. The molecule has 0 aromatic carbocycles. The van der Waals surface area contributed by atoms with Gasteiger partial charge in [-0.3, -0.25) is 9.89 Å². The first-order valence-corrected chi connectivity index (χ1v) is 4.09. The molecule has 1 amide bonds. The van der Waals surface area contributed by atoms with Crippen LogP contribution >= 0.6 is 0 Å². The van der Waals surface area contributed by atoms with Gasteiger partial charge in [-0.1, -0.05) is 5.57 Å². The summed E-state index contributed by atoms with van der Waals surface area (Å²) in [5, 5.41) is 9.19. The van der Waals surface area contributed by atoms with Crippen molar-refractivity contribution in [3.05, 3.63) is 29.6 Å². The molecule has 0 fully saturated rings. The van der Waals surface area contributed by atoms with Gasteiger partial charge in [-0.2, -0.15) is 5.10 Å². The minimum absolute atomic E-state index is 0.0683. The van der Waals surface area contributed by atoms with Crippen molar-refractivity contribution in [2.45, 2.75) is 20.4 Å². The Kier molecular flexibility index (Phi) is 3.25. The highest BCUT2D eigenvalue weighted by molar-refractivity contribution is 5.87. The molecule has 1 heterocycles. The van der Waals surface area contributed by atoms with Gasteiger partial charge in [0.25, 0.3) is 0 Å². The van der Waals surface area contributed by atoms with E-state index in [1.165, 1.54) is 0 Å². The van der Waals surface area contributed by atoms with Crippen LogP contribution in [0.5, 0.6) is 0 Å². The molecule has 0 bridgehead atoms. The monoisotopic (exact) mass is 179 g/mol. The minimum atomic E-state index is -0.0683. The molecule has 1 aromatic heterocycles. The standard InChI is InChI=1S/C9H13N3O/c1-7(2)3-9(13)10-4-8-5-11-12-6-8/h3,5-6H,4H2,1-2H3,(H,10,13)(H,11,12). The number of hydrogen-bond donors (Lipinski definition) is 2. The normalized spacial score (nSPS) is 9.38. The number of carbonyl (C=O) groups excluding carboxylic acids is 1. The van der Waals surface area contributed by atoms with Crippen LogP contribution in [0.25, 0.3) is 0 Å². The molecule has 0 radical (unpaired) electrons. The minimum Gasteiger partial charge on any atom is -0.348 e. The highest BCUT2D eigenvalue weighted by Gasteiger charge is 1.97. The molecule has 70 valence electrons. The molecule has 0 spiro atoms. The molecule has 0 saturated carbocycles. The van der Waals surface area contributed by atoms with Crippen LogP contribution in [0.1, 0.15) is 19.4 Å². The van der Waals surface area contributed by atoms with Crippen molar-refractivity contribution in [1.82, 2.24) is 15.5 Å². The number of nitrogens with zero attached hydrogens (tertiary/aromatic N) is 1. The van der Waals surface area contributed by atoms with Crippen molar-refractivity contribution in [2.24, 2.45) is 0 Å². The molecule has 2 N–H and O–H groups in total. The maximum atomic E-state index is 11.1. The molecule has 0 aliphatic carbocycles. The Bertz CT molecular complexity index is 297. The zero-order valence-corrected chi connectivity index (χ0v) is 7.79. The molecule has 4 nitrogen and oxygen atoms in total. The van der Waals surface area contributed by atoms with Gasteiger partial charge in [-0.15, -0.1) is 0 Å². The molecular weight excluding hydrogens is 166 g/mol. The largest absolute Gasteiger partial charge is 0.348 e. The number of aromatic nitrogens is 2. The van der Waals surface area contributed by atoms with E-state index < -0.39 is 0 Å². The first-order chi connectivity index (χ1) is 6.18. The summed E-state index contributed by atoms with van der Waals surface area (Å²) < 4.78 is 0. The maximum absolute atomic E-state index is 11.1. The lowest BCUT2D eigenvalue weighted by molar-refractivity contribution is -0.116. The SMILES string of the molecule is CC(C)=CC(=O)NCc1cn[nH]c1. The molecule has 4 heteroatoms. The van der Waals surface area contributed by atoms with Gasteiger partial charge in [0.1, 0.15) is 0 Å². The molecule has 0 aliphatic rings. The van der Waals surface area contributed by atoms with Crippen LogP contribution in [0, 0.1) is 0 Å². The fourth-order valence-corrected chi connectivity index (χ4v) is 0.877. The van der Waals surface area contributed by atoms with Crippen molar-refractivity contribution in [3.63, 3.8) is 0 Å². The second-order valence-corrected chi connectivity index (χ2v) is 3.05. The zero-order valence-electron chi connectivity index (χ0n) is 7.79. The van der Waals surface area contributed by atoms with E-state index in [9.17, 15) is 4.79 Å². The first-order valence-electron chi connectivity index (χ1n) is 4.09. The number of amides is 1. The Balaban J connectivity index is 2.35. The number of hydrogen-bond acceptors (Lipinski definition) is 2. The fraction of sp³-hybridized carbons (Fsp3) is 0.333. The Labute approximate surface area is 77.0 Å². The van der Waals surface area contributed by atoms with Crippen molar-refractivity contribution in [1.29, 1.82) is 0 Å². The van der Waals surface area contributed by atoms with E-state index in [-0.39, 0.29) is 5.91 Å². The number of allylic oxidation sites excluding steroid dienone is 1. The van der Waals surface area contributed by atoms with E-state index in [2.05, 4.69) is 15.5 Å². The summed E-state index contributed by atoms with van der Waals surface area (Å²) in [5.41, 5.74) is 1.96. The molecule has 0 unspecified atom stereocenters. The molecule has 1 aromatic rings. The van der Waals surface area contributed by atoms with Crippen molar-refractivity contribution >= 4 is 5.91 Å². The second-order valence-electron chi connectivity index (χ2n) is 3.05. The van der Waals surface area contributed by atoms with Crippen molar-refractivity contribution in [2.75, 3.05) is 0 Å². The van der Waals surface area contributed by atoms with Gasteiger partial charge in [0, 0.05) is 24.4 Å². The number of rotatable bonds is 3. The van der Waals surface area contributed by atoms with Crippen molar-refractivity contribution in [3.8, 4) is 0 Å². The number of carbonyl (C=O) groups is 1. The zero-order chi connectivity index (χ0) is 9.68. The smallest absolute Gasteiger partial charge is 0.244 e. The summed E-state index contributed by atoms with van der Waals surface area (Å²) in [6, 6.07) is 0. The topological polar surface area (TPSA) is 57.8 Å². The third kappa shape index (κ3) is 3.55. The summed E-state index contributed by atoms with van der Waals surface area (Å²) in [6.07, 6.45) is 5.01. The van der Waals surface area contributed by atoms with Crippen molar-refractivity contribution < 1.29 is 4.79 Å². The van der Waals surface area contributed by atoms with Crippen LogP contribution in [-0.4, -0.2) is 16.1 Å². The highest BCUT2D eigenvalue weighted by atomic mass is 16.1. The van der Waals surface area contributed by atoms with Gasteiger partial charge >= 0.3 is 0 Å². The van der Waals surface area contributed by atoms with E-state index in [1.54, 1.807) is 18.5 Å². The van der Waals surface area contributed by atoms with Crippen LogP contribution in [0.15, 0.2) is 24.0 Å². The summed E-state index contributed by atoms with van der Waals surface area (Å²) in [7, 11) is 0. The highest BCUT2D eigenvalue weighted by Crippen LogP contribution is 1.93. The molecular formula is C9H13N3O. The summed E-state index contributed by atoms with van der Waals surface area (Å²) in [6.45, 7) is 4.29.